The smallest absolute Gasteiger partial charge is 0.407 e. The van der Waals surface area contributed by atoms with Crippen molar-refractivity contribution in [3.8, 4) is 5.88 Å². The maximum atomic E-state index is 10.8. The Morgan fingerprint density at radius 2 is 2.41 bits per heavy atom. The van der Waals surface area contributed by atoms with Gasteiger partial charge in [0.05, 0.1) is 18.9 Å². The Morgan fingerprint density at radius 1 is 1.59 bits per heavy atom. The minimum Gasteiger partial charge on any atom is -0.471 e. The molecule has 0 radical (unpaired) electrons. The van der Waals surface area contributed by atoms with E-state index < -0.39 is 6.09 Å². The van der Waals surface area contributed by atoms with Gasteiger partial charge >= 0.3 is 6.09 Å². The fourth-order valence-corrected chi connectivity index (χ4v) is 1.90. The average molecular weight is 258 g/mol. The number of nitrogens with zero attached hydrogens (tertiary/aromatic N) is 3. The van der Waals surface area contributed by atoms with Crippen LogP contribution in [0.4, 0.5) is 4.79 Å². The van der Waals surface area contributed by atoms with Gasteiger partial charge in [0, 0.05) is 6.54 Å². The normalized spacial score (nSPS) is 20.1. The van der Waals surface area contributed by atoms with Gasteiger partial charge in [-0.2, -0.15) is 4.98 Å². The lowest BCUT2D eigenvalue weighted by Crippen LogP contribution is -2.43. The lowest BCUT2D eigenvalue weighted by Gasteiger charge is -2.30. The van der Waals surface area contributed by atoms with Crippen LogP contribution in [0.25, 0.3) is 0 Å². The first-order valence-electron chi connectivity index (χ1n) is 5.27. The van der Waals surface area contributed by atoms with E-state index in [1.165, 1.54) is 17.3 Å². The Kier molecular flexibility index (Phi) is 3.63. The number of rotatable bonds is 2. The van der Waals surface area contributed by atoms with E-state index >= 15 is 0 Å². The highest BCUT2D eigenvalue weighted by molar-refractivity contribution is 6.29. The van der Waals surface area contributed by atoms with Crippen molar-refractivity contribution in [1.29, 1.82) is 0 Å². The summed E-state index contributed by atoms with van der Waals surface area (Å²) in [6.45, 7) is 0.903. The molecule has 1 aromatic rings. The number of piperidine rings is 1. The molecule has 2 heterocycles. The second-order valence-corrected chi connectivity index (χ2v) is 4.18. The summed E-state index contributed by atoms with van der Waals surface area (Å²) in [6, 6.07) is 0. The minimum absolute atomic E-state index is 0.187. The summed E-state index contributed by atoms with van der Waals surface area (Å²) in [5, 5.41) is 9.15. The molecule has 0 bridgehead atoms. The fourth-order valence-electron chi connectivity index (χ4n) is 1.76. The molecule has 0 saturated carbocycles. The predicted octanol–water partition coefficient (Wildman–Crippen LogP) is 1.65. The molecule has 0 aliphatic carbocycles. The summed E-state index contributed by atoms with van der Waals surface area (Å²) in [6.07, 6.45) is 3.36. The van der Waals surface area contributed by atoms with Crippen molar-refractivity contribution >= 4 is 17.7 Å². The van der Waals surface area contributed by atoms with Gasteiger partial charge < -0.3 is 14.7 Å². The monoisotopic (exact) mass is 257 g/mol. The van der Waals surface area contributed by atoms with Crippen LogP contribution in [0.3, 0.4) is 0 Å². The molecular weight excluding hydrogens is 246 g/mol. The van der Waals surface area contributed by atoms with Gasteiger partial charge in [-0.3, -0.25) is 4.98 Å². The van der Waals surface area contributed by atoms with Crippen LogP contribution in [0.15, 0.2) is 12.4 Å². The van der Waals surface area contributed by atoms with Gasteiger partial charge in [-0.05, 0) is 12.8 Å². The molecule has 7 heteroatoms. The molecule has 0 aromatic carbocycles. The minimum atomic E-state index is -0.921. The third kappa shape index (κ3) is 3.20. The number of amides is 1. The number of halogens is 1. The summed E-state index contributed by atoms with van der Waals surface area (Å²) in [4.78, 5) is 20.0. The van der Waals surface area contributed by atoms with Crippen LogP contribution in [0.5, 0.6) is 5.88 Å². The van der Waals surface area contributed by atoms with E-state index in [0.717, 1.165) is 12.8 Å². The van der Waals surface area contributed by atoms with E-state index in [2.05, 4.69) is 9.97 Å². The second kappa shape index (κ2) is 5.18. The highest BCUT2D eigenvalue weighted by Gasteiger charge is 2.24. The van der Waals surface area contributed by atoms with Gasteiger partial charge in [0.1, 0.15) is 6.10 Å². The number of likely N-dealkylation sites (tertiary alicyclic amines) is 1. The summed E-state index contributed by atoms with van der Waals surface area (Å²) in [5.41, 5.74) is 0. The summed E-state index contributed by atoms with van der Waals surface area (Å²) >= 11 is 5.68. The molecule has 0 spiro atoms. The van der Waals surface area contributed by atoms with E-state index in [4.69, 9.17) is 21.4 Å². The van der Waals surface area contributed by atoms with E-state index in [0.29, 0.717) is 19.0 Å². The summed E-state index contributed by atoms with van der Waals surface area (Å²) in [7, 11) is 0. The van der Waals surface area contributed by atoms with Gasteiger partial charge in [-0.15, -0.1) is 0 Å². The first-order chi connectivity index (χ1) is 8.15. The topological polar surface area (TPSA) is 75.5 Å². The van der Waals surface area contributed by atoms with Crippen LogP contribution in [0.2, 0.25) is 5.15 Å². The standard InChI is InChI=1S/C10H12ClN3O3/c11-8-4-12-5-9(13-8)17-7-2-1-3-14(6-7)10(15)16/h4-5,7H,1-3,6H2,(H,15,16)/t7-/m1/s1. The molecular formula is C10H12ClN3O3. The Hall–Kier alpha value is -1.56. The van der Waals surface area contributed by atoms with E-state index in [-0.39, 0.29) is 11.3 Å². The van der Waals surface area contributed by atoms with Crippen LogP contribution in [0, 0.1) is 0 Å². The molecule has 0 unspecified atom stereocenters. The molecule has 1 amide bonds. The Bertz CT molecular complexity index is 416. The van der Waals surface area contributed by atoms with Crippen molar-refractivity contribution < 1.29 is 14.6 Å². The molecule has 1 fully saturated rings. The zero-order valence-corrected chi connectivity index (χ0v) is 9.80. The Morgan fingerprint density at radius 3 is 3.12 bits per heavy atom. The molecule has 1 aliphatic heterocycles. The number of hydrogen-bond donors (Lipinski definition) is 1. The lowest BCUT2D eigenvalue weighted by molar-refractivity contribution is 0.0765. The van der Waals surface area contributed by atoms with Crippen LogP contribution in [-0.4, -0.2) is 45.3 Å². The van der Waals surface area contributed by atoms with Crippen molar-refractivity contribution in [1.82, 2.24) is 14.9 Å². The van der Waals surface area contributed by atoms with Crippen LogP contribution in [-0.2, 0) is 0 Å². The maximum absolute atomic E-state index is 10.8. The molecule has 1 aliphatic rings. The Labute approximate surface area is 103 Å². The maximum Gasteiger partial charge on any atom is 0.407 e. The second-order valence-electron chi connectivity index (χ2n) is 3.79. The summed E-state index contributed by atoms with van der Waals surface area (Å²) < 4.78 is 5.55. The van der Waals surface area contributed by atoms with Crippen molar-refractivity contribution in [3.05, 3.63) is 17.5 Å². The predicted molar refractivity (Wildman–Crippen MR) is 60.3 cm³/mol. The van der Waals surface area contributed by atoms with Crippen molar-refractivity contribution in [2.45, 2.75) is 18.9 Å². The molecule has 2 rings (SSSR count). The van der Waals surface area contributed by atoms with Gasteiger partial charge in [-0.25, -0.2) is 4.79 Å². The molecule has 1 N–H and O–H groups in total. The quantitative estimate of drug-likeness (QED) is 0.872. The average Bonchev–Trinajstić information content (AvgIpc) is 2.29. The number of hydrogen-bond acceptors (Lipinski definition) is 4. The molecule has 1 saturated heterocycles. The third-order valence-corrected chi connectivity index (χ3v) is 2.70. The molecule has 6 nitrogen and oxygen atoms in total. The van der Waals surface area contributed by atoms with E-state index in [1.807, 2.05) is 0 Å². The van der Waals surface area contributed by atoms with E-state index in [1.54, 1.807) is 0 Å². The first-order valence-corrected chi connectivity index (χ1v) is 5.65. The summed E-state index contributed by atoms with van der Waals surface area (Å²) in [5.74, 6) is 0.328. The highest BCUT2D eigenvalue weighted by Crippen LogP contribution is 2.17. The number of carboxylic acid groups (broad SMARTS) is 1. The van der Waals surface area contributed by atoms with Gasteiger partial charge in [-0.1, -0.05) is 11.6 Å². The largest absolute Gasteiger partial charge is 0.471 e. The Balaban J connectivity index is 1.97. The van der Waals surface area contributed by atoms with Gasteiger partial charge in [0.2, 0.25) is 5.88 Å². The number of carbonyl (C=O) groups is 1. The molecule has 92 valence electrons. The van der Waals surface area contributed by atoms with Crippen LogP contribution in [0.1, 0.15) is 12.8 Å². The first kappa shape index (κ1) is 11.9. The van der Waals surface area contributed by atoms with Gasteiger partial charge in [0.15, 0.2) is 5.15 Å². The lowest BCUT2D eigenvalue weighted by atomic mass is 10.1. The van der Waals surface area contributed by atoms with Crippen LogP contribution < -0.4 is 4.74 Å². The van der Waals surface area contributed by atoms with Crippen molar-refractivity contribution in [2.75, 3.05) is 13.1 Å². The SMILES string of the molecule is O=C(O)N1CCC[C@@H](Oc2cncc(Cl)n2)C1. The zero-order chi connectivity index (χ0) is 12.3. The van der Waals surface area contributed by atoms with Crippen molar-refractivity contribution in [2.24, 2.45) is 0 Å². The van der Waals surface area contributed by atoms with E-state index in [9.17, 15) is 4.79 Å². The van der Waals surface area contributed by atoms with Crippen molar-refractivity contribution in [3.63, 3.8) is 0 Å². The molecule has 17 heavy (non-hydrogen) atoms. The third-order valence-electron chi connectivity index (χ3n) is 2.52. The highest BCUT2D eigenvalue weighted by atomic mass is 35.5. The number of aromatic nitrogens is 2. The molecule has 1 aromatic heterocycles. The van der Waals surface area contributed by atoms with Gasteiger partial charge in [0.25, 0.3) is 0 Å². The van der Waals surface area contributed by atoms with Crippen LogP contribution >= 0.6 is 11.6 Å². The molecule has 1 atom stereocenters. The number of ether oxygens (including phenoxy) is 1. The zero-order valence-electron chi connectivity index (χ0n) is 9.04. The fraction of sp³-hybridized carbons (Fsp3) is 0.500.